The van der Waals surface area contributed by atoms with Crippen LogP contribution in [-0.4, -0.2) is 36.0 Å². The molecule has 0 amide bonds. The number of benzene rings is 1. The molecule has 2 aromatic rings. The zero-order chi connectivity index (χ0) is 16.4. The molecule has 1 aliphatic rings. The minimum absolute atomic E-state index is 0.152. The summed E-state index contributed by atoms with van der Waals surface area (Å²) in [6.45, 7) is 5.05. The highest BCUT2D eigenvalue weighted by Crippen LogP contribution is 2.31. The standard InChI is InChI=1S/C16H21N3O2S2/c1-3-13-6-8-15(9-7-13)23(20,21)19-10-4-5-14(11-19)16-18-17-12(2)22-16/h6-9,14H,3-5,10-11H2,1-2H3/t14-/m0/s1. The topological polar surface area (TPSA) is 63.2 Å². The molecular weight excluding hydrogens is 330 g/mol. The molecule has 7 heteroatoms. The SMILES string of the molecule is CCc1ccc(S(=O)(=O)N2CCC[C@H](c3nnc(C)s3)C2)cc1. The van der Waals surface area contributed by atoms with Crippen LogP contribution in [0, 0.1) is 6.92 Å². The van der Waals surface area contributed by atoms with Crippen LogP contribution in [0.25, 0.3) is 0 Å². The summed E-state index contributed by atoms with van der Waals surface area (Å²) >= 11 is 1.56. The Balaban J connectivity index is 1.81. The average Bonchev–Trinajstić information content (AvgIpc) is 3.01. The number of hydrogen-bond donors (Lipinski definition) is 0. The van der Waals surface area contributed by atoms with E-state index in [1.165, 1.54) is 0 Å². The van der Waals surface area contributed by atoms with Crippen LogP contribution in [0.1, 0.15) is 41.3 Å². The maximum absolute atomic E-state index is 12.9. The van der Waals surface area contributed by atoms with Crippen molar-refractivity contribution in [2.45, 2.75) is 43.9 Å². The number of sulfonamides is 1. The van der Waals surface area contributed by atoms with Crippen LogP contribution in [0.15, 0.2) is 29.2 Å². The highest BCUT2D eigenvalue weighted by Gasteiger charge is 2.32. The molecule has 0 bridgehead atoms. The number of nitrogens with zero attached hydrogens (tertiary/aromatic N) is 3. The fraction of sp³-hybridized carbons (Fsp3) is 0.500. The van der Waals surface area contributed by atoms with Crippen LogP contribution in [0.2, 0.25) is 0 Å². The van der Waals surface area contributed by atoms with Gasteiger partial charge in [-0.2, -0.15) is 4.31 Å². The molecule has 1 aromatic carbocycles. The first-order valence-electron chi connectivity index (χ1n) is 7.90. The van der Waals surface area contributed by atoms with Gasteiger partial charge in [-0.05, 0) is 43.9 Å². The van der Waals surface area contributed by atoms with E-state index in [2.05, 4.69) is 17.1 Å². The largest absolute Gasteiger partial charge is 0.243 e. The second-order valence-electron chi connectivity index (χ2n) is 5.86. The van der Waals surface area contributed by atoms with Gasteiger partial charge in [0.25, 0.3) is 0 Å². The van der Waals surface area contributed by atoms with E-state index in [9.17, 15) is 8.42 Å². The van der Waals surface area contributed by atoms with Gasteiger partial charge in [0.1, 0.15) is 10.0 Å². The highest BCUT2D eigenvalue weighted by atomic mass is 32.2. The van der Waals surface area contributed by atoms with E-state index in [-0.39, 0.29) is 5.92 Å². The van der Waals surface area contributed by atoms with E-state index in [4.69, 9.17) is 0 Å². The van der Waals surface area contributed by atoms with Gasteiger partial charge in [-0.15, -0.1) is 21.5 Å². The molecule has 1 saturated heterocycles. The summed E-state index contributed by atoms with van der Waals surface area (Å²) in [5, 5.41) is 10.1. The first kappa shape index (κ1) is 16.5. The summed E-state index contributed by atoms with van der Waals surface area (Å²) in [5.41, 5.74) is 1.14. The first-order valence-corrected chi connectivity index (χ1v) is 10.2. The van der Waals surface area contributed by atoms with E-state index >= 15 is 0 Å². The van der Waals surface area contributed by atoms with E-state index in [1.807, 2.05) is 19.1 Å². The van der Waals surface area contributed by atoms with Crippen molar-refractivity contribution in [3.05, 3.63) is 39.8 Å². The zero-order valence-corrected chi connectivity index (χ0v) is 15.0. The number of aromatic nitrogens is 2. The minimum atomic E-state index is -3.43. The van der Waals surface area contributed by atoms with Crippen molar-refractivity contribution in [3.8, 4) is 0 Å². The van der Waals surface area contributed by atoms with Crippen molar-refractivity contribution in [2.75, 3.05) is 13.1 Å². The Morgan fingerprint density at radius 1 is 1.26 bits per heavy atom. The molecule has 1 aromatic heterocycles. The fourth-order valence-corrected chi connectivity index (χ4v) is 5.23. The van der Waals surface area contributed by atoms with Crippen molar-refractivity contribution < 1.29 is 8.42 Å². The summed E-state index contributed by atoms with van der Waals surface area (Å²) in [6.07, 6.45) is 2.73. The Morgan fingerprint density at radius 3 is 2.61 bits per heavy atom. The monoisotopic (exact) mass is 351 g/mol. The van der Waals surface area contributed by atoms with E-state index < -0.39 is 10.0 Å². The number of aryl methyl sites for hydroxylation is 2. The molecule has 0 spiro atoms. The molecule has 0 saturated carbocycles. The minimum Gasteiger partial charge on any atom is -0.207 e. The second kappa shape index (κ2) is 6.67. The van der Waals surface area contributed by atoms with Gasteiger partial charge in [-0.1, -0.05) is 19.1 Å². The Bertz CT molecular complexity index is 769. The predicted octanol–water partition coefficient (Wildman–Crippen LogP) is 2.98. The predicted molar refractivity (Wildman–Crippen MR) is 91.2 cm³/mol. The number of piperidine rings is 1. The number of rotatable bonds is 4. The van der Waals surface area contributed by atoms with Gasteiger partial charge in [0.2, 0.25) is 10.0 Å². The molecule has 124 valence electrons. The Hall–Kier alpha value is -1.31. The molecule has 2 heterocycles. The average molecular weight is 351 g/mol. The Kier molecular flexibility index (Phi) is 4.79. The smallest absolute Gasteiger partial charge is 0.207 e. The van der Waals surface area contributed by atoms with Gasteiger partial charge in [-0.25, -0.2) is 8.42 Å². The summed E-state index contributed by atoms with van der Waals surface area (Å²) in [5.74, 6) is 0.152. The van der Waals surface area contributed by atoms with Crippen molar-refractivity contribution in [1.82, 2.24) is 14.5 Å². The van der Waals surface area contributed by atoms with Crippen LogP contribution in [0.3, 0.4) is 0 Å². The fourth-order valence-electron chi connectivity index (χ4n) is 2.89. The molecule has 23 heavy (non-hydrogen) atoms. The molecule has 3 rings (SSSR count). The molecule has 1 fully saturated rings. The van der Waals surface area contributed by atoms with E-state index in [0.717, 1.165) is 34.8 Å². The number of hydrogen-bond acceptors (Lipinski definition) is 5. The van der Waals surface area contributed by atoms with Gasteiger partial charge >= 0.3 is 0 Å². The van der Waals surface area contributed by atoms with Gasteiger partial charge in [0, 0.05) is 19.0 Å². The summed E-state index contributed by atoms with van der Waals surface area (Å²) in [6, 6.07) is 7.21. The Morgan fingerprint density at radius 2 is 2.00 bits per heavy atom. The molecule has 0 radical (unpaired) electrons. The molecule has 0 unspecified atom stereocenters. The van der Waals surface area contributed by atoms with Crippen molar-refractivity contribution in [3.63, 3.8) is 0 Å². The van der Waals surface area contributed by atoms with Crippen LogP contribution in [0.4, 0.5) is 0 Å². The van der Waals surface area contributed by atoms with Crippen LogP contribution >= 0.6 is 11.3 Å². The van der Waals surface area contributed by atoms with Crippen molar-refractivity contribution in [2.24, 2.45) is 0 Å². The maximum atomic E-state index is 12.9. The van der Waals surface area contributed by atoms with Gasteiger partial charge in [-0.3, -0.25) is 0 Å². The summed E-state index contributed by atoms with van der Waals surface area (Å²) in [7, 11) is -3.43. The van der Waals surface area contributed by atoms with Crippen LogP contribution in [-0.2, 0) is 16.4 Å². The van der Waals surface area contributed by atoms with Crippen molar-refractivity contribution in [1.29, 1.82) is 0 Å². The third-order valence-electron chi connectivity index (χ3n) is 4.24. The Labute approximate surface area is 141 Å². The molecular formula is C16H21N3O2S2. The van der Waals surface area contributed by atoms with Gasteiger partial charge in [0.15, 0.2) is 0 Å². The lowest BCUT2D eigenvalue weighted by Crippen LogP contribution is -2.39. The van der Waals surface area contributed by atoms with E-state index in [1.54, 1.807) is 27.8 Å². The lowest BCUT2D eigenvalue weighted by molar-refractivity contribution is 0.314. The first-order chi connectivity index (χ1) is 11.0. The normalized spacial score (nSPS) is 19.8. The lowest BCUT2D eigenvalue weighted by Gasteiger charge is -2.30. The van der Waals surface area contributed by atoms with E-state index in [0.29, 0.717) is 18.0 Å². The zero-order valence-electron chi connectivity index (χ0n) is 13.4. The van der Waals surface area contributed by atoms with Gasteiger partial charge < -0.3 is 0 Å². The maximum Gasteiger partial charge on any atom is 0.243 e. The molecule has 5 nitrogen and oxygen atoms in total. The molecule has 1 aliphatic heterocycles. The molecule has 0 N–H and O–H groups in total. The van der Waals surface area contributed by atoms with Crippen LogP contribution < -0.4 is 0 Å². The van der Waals surface area contributed by atoms with Crippen molar-refractivity contribution >= 4 is 21.4 Å². The third-order valence-corrected chi connectivity index (χ3v) is 7.12. The van der Waals surface area contributed by atoms with Gasteiger partial charge in [0.05, 0.1) is 4.90 Å². The second-order valence-corrected chi connectivity index (χ2v) is 9.01. The quantitative estimate of drug-likeness (QED) is 0.849. The summed E-state index contributed by atoms with van der Waals surface area (Å²) in [4.78, 5) is 0.379. The lowest BCUT2D eigenvalue weighted by atomic mass is 10.0. The molecule has 0 aliphatic carbocycles. The summed E-state index contributed by atoms with van der Waals surface area (Å²) < 4.78 is 27.3. The highest BCUT2D eigenvalue weighted by molar-refractivity contribution is 7.89. The van der Waals surface area contributed by atoms with Crippen LogP contribution in [0.5, 0.6) is 0 Å². The third kappa shape index (κ3) is 3.46. The molecule has 1 atom stereocenters.